The lowest BCUT2D eigenvalue weighted by Crippen LogP contribution is -2.36. The number of para-hydroxylation sites is 2. The summed E-state index contributed by atoms with van der Waals surface area (Å²) in [5, 5.41) is 15.6. The fraction of sp³-hybridized carbons (Fsp3) is 0.562. The van der Waals surface area contributed by atoms with Gasteiger partial charge in [0.2, 0.25) is 5.91 Å². The van der Waals surface area contributed by atoms with E-state index in [1.54, 1.807) is 7.11 Å². The largest absolute Gasteiger partial charge is 0.495 e. The molecule has 0 bridgehead atoms. The van der Waals surface area contributed by atoms with Gasteiger partial charge >= 0.3 is 0 Å². The SMILES string of the molecule is COc1ccccc1NCC(=O)NCC1CCCC(O)C1. The molecule has 1 fully saturated rings. The van der Waals surface area contributed by atoms with Crippen LogP contribution in [0.1, 0.15) is 25.7 Å². The van der Waals surface area contributed by atoms with E-state index in [1.807, 2.05) is 24.3 Å². The van der Waals surface area contributed by atoms with Crippen molar-refractivity contribution < 1.29 is 14.6 Å². The number of anilines is 1. The molecule has 2 rings (SSSR count). The van der Waals surface area contributed by atoms with Gasteiger partial charge in [0.25, 0.3) is 0 Å². The molecule has 2 unspecified atom stereocenters. The molecular formula is C16H24N2O3. The Morgan fingerprint density at radius 2 is 2.19 bits per heavy atom. The number of benzene rings is 1. The number of hydrogen-bond donors (Lipinski definition) is 3. The van der Waals surface area contributed by atoms with Gasteiger partial charge in [-0.05, 0) is 37.3 Å². The van der Waals surface area contributed by atoms with Gasteiger partial charge in [-0.25, -0.2) is 0 Å². The number of carbonyl (C=O) groups is 1. The van der Waals surface area contributed by atoms with Crippen LogP contribution in [0.25, 0.3) is 0 Å². The lowest BCUT2D eigenvalue weighted by Gasteiger charge is -2.25. The van der Waals surface area contributed by atoms with Crippen molar-refractivity contribution in [1.29, 1.82) is 0 Å². The fourth-order valence-corrected chi connectivity index (χ4v) is 2.73. The van der Waals surface area contributed by atoms with E-state index in [0.29, 0.717) is 12.5 Å². The van der Waals surface area contributed by atoms with Gasteiger partial charge in [0.05, 0.1) is 25.4 Å². The maximum atomic E-state index is 11.9. The summed E-state index contributed by atoms with van der Waals surface area (Å²) >= 11 is 0. The third-order valence-corrected chi connectivity index (χ3v) is 3.89. The molecule has 0 aromatic heterocycles. The second-order valence-electron chi connectivity index (χ2n) is 5.54. The minimum absolute atomic E-state index is 0.0408. The molecule has 0 saturated heterocycles. The highest BCUT2D eigenvalue weighted by Gasteiger charge is 2.20. The van der Waals surface area contributed by atoms with Crippen molar-refractivity contribution in [2.45, 2.75) is 31.8 Å². The summed E-state index contributed by atoms with van der Waals surface area (Å²) in [6.07, 6.45) is 3.60. The molecule has 5 nitrogen and oxygen atoms in total. The van der Waals surface area contributed by atoms with Gasteiger partial charge in [-0.15, -0.1) is 0 Å². The Morgan fingerprint density at radius 3 is 2.95 bits per heavy atom. The van der Waals surface area contributed by atoms with Gasteiger partial charge in [0.1, 0.15) is 5.75 Å². The number of carbonyl (C=O) groups excluding carboxylic acids is 1. The zero-order chi connectivity index (χ0) is 15.1. The van der Waals surface area contributed by atoms with Gasteiger partial charge in [-0.3, -0.25) is 4.79 Å². The topological polar surface area (TPSA) is 70.6 Å². The van der Waals surface area contributed by atoms with E-state index >= 15 is 0 Å². The van der Waals surface area contributed by atoms with E-state index in [0.717, 1.165) is 37.1 Å². The molecule has 1 aromatic carbocycles. The molecule has 0 radical (unpaired) electrons. The van der Waals surface area contributed by atoms with Gasteiger partial charge in [-0.2, -0.15) is 0 Å². The Labute approximate surface area is 125 Å². The fourth-order valence-electron chi connectivity index (χ4n) is 2.73. The summed E-state index contributed by atoms with van der Waals surface area (Å²) < 4.78 is 5.22. The van der Waals surface area contributed by atoms with Crippen LogP contribution < -0.4 is 15.4 Å². The van der Waals surface area contributed by atoms with Gasteiger partial charge in [-0.1, -0.05) is 18.6 Å². The number of nitrogens with one attached hydrogen (secondary N) is 2. The molecule has 116 valence electrons. The van der Waals surface area contributed by atoms with Crippen LogP contribution in [0.4, 0.5) is 5.69 Å². The van der Waals surface area contributed by atoms with E-state index in [2.05, 4.69) is 10.6 Å². The zero-order valence-electron chi connectivity index (χ0n) is 12.5. The molecule has 0 heterocycles. The van der Waals surface area contributed by atoms with Crippen molar-refractivity contribution in [2.75, 3.05) is 25.5 Å². The number of methoxy groups -OCH3 is 1. The Balaban J connectivity index is 1.72. The quantitative estimate of drug-likeness (QED) is 0.747. The third kappa shape index (κ3) is 4.93. The van der Waals surface area contributed by atoms with Crippen LogP contribution in [0, 0.1) is 5.92 Å². The molecule has 0 spiro atoms. The van der Waals surface area contributed by atoms with E-state index in [1.165, 1.54) is 0 Å². The normalized spacial score (nSPS) is 21.6. The minimum Gasteiger partial charge on any atom is -0.495 e. The summed E-state index contributed by atoms with van der Waals surface area (Å²) in [4.78, 5) is 11.9. The number of aliphatic hydroxyl groups is 1. The van der Waals surface area contributed by atoms with E-state index in [-0.39, 0.29) is 18.6 Å². The van der Waals surface area contributed by atoms with Crippen LogP contribution in [-0.2, 0) is 4.79 Å². The minimum atomic E-state index is -0.202. The molecular weight excluding hydrogens is 268 g/mol. The number of rotatable bonds is 6. The van der Waals surface area contributed by atoms with Crippen LogP contribution in [0.3, 0.4) is 0 Å². The standard InChI is InChI=1S/C16H24N2O3/c1-21-15-8-3-2-7-14(15)17-11-16(20)18-10-12-5-4-6-13(19)9-12/h2-3,7-8,12-13,17,19H,4-6,9-11H2,1H3,(H,18,20). The van der Waals surface area contributed by atoms with Crippen molar-refractivity contribution in [3.05, 3.63) is 24.3 Å². The van der Waals surface area contributed by atoms with Crippen LogP contribution in [0.5, 0.6) is 5.75 Å². The average molecular weight is 292 g/mol. The predicted molar refractivity (Wildman–Crippen MR) is 82.5 cm³/mol. The highest BCUT2D eigenvalue weighted by molar-refractivity contribution is 5.81. The predicted octanol–water partition coefficient (Wildman–Crippen LogP) is 1.77. The third-order valence-electron chi connectivity index (χ3n) is 3.89. The summed E-state index contributed by atoms with van der Waals surface area (Å²) in [6, 6.07) is 7.51. The molecule has 1 aliphatic rings. The Morgan fingerprint density at radius 1 is 1.38 bits per heavy atom. The van der Waals surface area contributed by atoms with E-state index < -0.39 is 0 Å². The average Bonchev–Trinajstić information content (AvgIpc) is 2.51. The summed E-state index contributed by atoms with van der Waals surface area (Å²) in [7, 11) is 1.61. The molecule has 5 heteroatoms. The Hall–Kier alpha value is -1.75. The van der Waals surface area contributed by atoms with Crippen LogP contribution in [0.15, 0.2) is 24.3 Å². The van der Waals surface area contributed by atoms with E-state index in [4.69, 9.17) is 4.74 Å². The Bertz CT molecular complexity index is 465. The first-order valence-corrected chi connectivity index (χ1v) is 7.50. The first kappa shape index (κ1) is 15.6. The van der Waals surface area contributed by atoms with Gasteiger partial charge in [0.15, 0.2) is 0 Å². The smallest absolute Gasteiger partial charge is 0.239 e. The monoisotopic (exact) mass is 292 g/mol. The molecule has 2 atom stereocenters. The first-order chi connectivity index (χ1) is 10.2. The van der Waals surface area contributed by atoms with Crippen LogP contribution in [0.2, 0.25) is 0 Å². The van der Waals surface area contributed by atoms with Crippen molar-refractivity contribution >= 4 is 11.6 Å². The molecule has 1 amide bonds. The summed E-state index contributed by atoms with van der Waals surface area (Å²) in [5.74, 6) is 1.07. The van der Waals surface area contributed by atoms with Crippen LogP contribution >= 0.6 is 0 Å². The highest BCUT2D eigenvalue weighted by atomic mass is 16.5. The maximum absolute atomic E-state index is 11.9. The highest BCUT2D eigenvalue weighted by Crippen LogP contribution is 2.24. The van der Waals surface area contributed by atoms with Crippen molar-refractivity contribution in [3.63, 3.8) is 0 Å². The molecule has 3 N–H and O–H groups in total. The number of amides is 1. The van der Waals surface area contributed by atoms with Crippen LogP contribution in [-0.4, -0.2) is 37.3 Å². The maximum Gasteiger partial charge on any atom is 0.239 e. The molecule has 1 saturated carbocycles. The van der Waals surface area contributed by atoms with E-state index in [9.17, 15) is 9.90 Å². The zero-order valence-corrected chi connectivity index (χ0v) is 12.5. The summed E-state index contributed by atoms with van der Waals surface area (Å²) in [6.45, 7) is 0.860. The Kier molecular flexibility index (Phi) is 5.87. The number of hydrogen-bond acceptors (Lipinski definition) is 4. The molecule has 0 aliphatic heterocycles. The van der Waals surface area contributed by atoms with Crippen molar-refractivity contribution in [2.24, 2.45) is 5.92 Å². The molecule has 1 aromatic rings. The lowest BCUT2D eigenvalue weighted by atomic mass is 9.87. The molecule has 1 aliphatic carbocycles. The van der Waals surface area contributed by atoms with Gasteiger partial charge < -0.3 is 20.5 Å². The lowest BCUT2D eigenvalue weighted by molar-refractivity contribution is -0.119. The number of ether oxygens (including phenoxy) is 1. The first-order valence-electron chi connectivity index (χ1n) is 7.50. The van der Waals surface area contributed by atoms with Crippen molar-refractivity contribution in [3.8, 4) is 5.75 Å². The van der Waals surface area contributed by atoms with Gasteiger partial charge in [0, 0.05) is 6.54 Å². The second kappa shape index (κ2) is 7.88. The molecule has 21 heavy (non-hydrogen) atoms. The number of aliphatic hydroxyl groups excluding tert-OH is 1. The van der Waals surface area contributed by atoms with Crippen molar-refractivity contribution in [1.82, 2.24) is 5.32 Å². The summed E-state index contributed by atoms with van der Waals surface area (Å²) in [5.41, 5.74) is 0.809. The second-order valence-corrected chi connectivity index (χ2v) is 5.54.